The number of nitrogens with zero attached hydrogens (tertiary/aromatic N) is 1. The molecule has 0 radical (unpaired) electrons. The predicted octanol–water partition coefficient (Wildman–Crippen LogP) is 3.14. The molecule has 1 amide bonds. The Balaban J connectivity index is 1.84. The molecule has 3 rings (SSSR count). The number of rotatable bonds is 3. The Morgan fingerprint density at radius 2 is 2.00 bits per heavy atom. The number of benzene rings is 2. The molecule has 0 bridgehead atoms. The number of amides is 1. The average Bonchev–Trinajstić information content (AvgIpc) is 2.56. The van der Waals surface area contributed by atoms with Crippen LogP contribution >= 0.6 is 15.9 Å². The maximum Gasteiger partial charge on any atom is 0.227 e. The van der Waals surface area contributed by atoms with Crippen molar-refractivity contribution in [1.29, 1.82) is 0 Å². The third-order valence-corrected chi connectivity index (χ3v) is 5.03. The second-order valence-corrected chi connectivity index (χ2v) is 7.74. The van der Waals surface area contributed by atoms with Gasteiger partial charge in [0.2, 0.25) is 5.91 Å². The fourth-order valence-corrected chi connectivity index (χ4v) is 3.81. The van der Waals surface area contributed by atoms with Gasteiger partial charge in [-0.3, -0.25) is 4.79 Å². The quantitative estimate of drug-likeness (QED) is 0.873. The number of aliphatic hydroxyl groups excluding tert-OH is 1. The van der Waals surface area contributed by atoms with Gasteiger partial charge in [-0.15, -0.1) is 0 Å². The molecule has 1 saturated heterocycles. The van der Waals surface area contributed by atoms with Crippen LogP contribution in [0.3, 0.4) is 0 Å². The van der Waals surface area contributed by atoms with E-state index < -0.39 is 5.60 Å². The number of aliphatic hydroxyl groups is 1. The summed E-state index contributed by atoms with van der Waals surface area (Å²) in [5.41, 5.74) is 0.576. The van der Waals surface area contributed by atoms with Crippen molar-refractivity contribution in [3.63, 3.8) is 0 Å². The minimum Gasteiger partial charge on any atom is -0.394 e. The second-order valence-electron chi connectivity index (χ2n) is 6.89. The molecular weight excluding hydrogens is 370 g/mol. The average molecular weight is 392 g/mol. The SMILES string of the molecule is CC1(C)CN(C(=O)Cc2ccc(Br)c3ccccc23)C[C@H](CO)O1. The van der Waals surface area contributed by atoms with Crippen LogP contribution in [0, 0.1) is 0 Å². The molecule has 2 aromatic rings. The van der Waals surface area contributed by atoms with Crippen LogP contribution in [0.5, 0.6) is 0 Å². The van der Waals surface area contributed by atoms with Crippen molar-refractivity contribution in [3.8, 4) is 0 Å². The van der Waals surface area contributed by atoms with Crippen LogP contribution in [-0.2, 0) is 16.0 Å². The number of hydrogen-bond donors (Lipinski definition) is 1. The lowest BCUT2D eigenvalue weighted by Crippen LogP contribution is -2.55. The van der Waals surface area contributed by atoms with Crippen molar-refractivity contribution in [2.24, 2.45) is 0 Å². The number of morpholine rings is 1. The van der Waals surface area contributed by atoms with Gasteiger partial charge in [-0.2, -0.15) is 0 Å². The molecule has 128 valence electrons. The van der Waals surface area contributed by atoms with Crippen molar-refractivity contribution in [3.05, 3.63) is 46.4 Å². The van der Waals surface area contributed by atoms with E-state index in [4.69, 9.17) is 4.74 Å². The maximum atomic E-state index is 12.8. The molecule has 5 heteroatoms. The Hall–Kier alpha value is -1.43. The van der Waals surface area contributed by atoms with E-state index in [9.17, 15) is 9.90 Å². The van der Waals surface area contributed by atoms with E-state index in [1.54, 1.807) is 4.90 Å². The summed E-state index contributed by atoms with van der Waals surface area (Å²) in [6.45, 7) is 4.80. The Morgan fingerprint density at radius 1 is 1.29 bits per heavy atom. The highest BCUT2D eigenvalue weighted by Gasteiger charge is 2.35. The normalized spacial score (nSPS) is 20.3. The number of halogens is 1. The van der Waals surface area contributed by atoms with Gasteiger partial charge in [-0.05, 0) is 36.2 Å². The van der Waals surface area contributed by atoms with Crippen molar-refractivity contribution in [1.82, 2.24) is 4.90 Å². The monoisotopic (exact) mass is 391 g/mol. The third kappa shape index (κ3) is 3.63. The lowest BCUT2D eigenvalue weighted by Gasteiger charge is -2.42. The zero-order chi connectivity index (χ0) is 17.3. The number of ether oxygens (including phenoxy) is 1. The van der Waals surface area contributed by atoms with Gasteiger partial charge in [0, 0.05) is 17.6 Å². The standard InChI is InChI=1S/C19H22BrNO3/c1-19(2)12-21(10-14(11-22)24-19)18(23)9-13-7-8-17(20)16-6-4-3-5-15(13)16/h3-8,14,22H,9-12H2,1-2H3/t14-/m1/s1. The molecule has 24 heavy (non-hydrogen) atoms. The molecule has 1 atom stereocenters. The van der Waals surface area contributed by atoms with Crippen LogP contribution in [0.1, 0.15) is 19.4 Å². The first kappa shape index (κ1) is 17.4. The van der Waals surface area contributed by atoms with E-state index in [0.29, 0.717) is 19.5 Å². The smallest absolute Gasteiger partial charge is 0.227 e. The van der Waals surface area contributed by atoms with E-state index >= 15 is 0 Å². The maximum absolute atomic E-state index is 12.8. The molecule has 1 N–H and O–H groups in total. The van der Waals surface area contributed by atoms with Crippen LogP contribution in [-0.4, -0.2) is 47.3 Å². The summed E-state index contributed by atoms with van der Waals surface area (Å²) in [6.07, 6.45) is 0.0292. The van der Waals surface area contributed by atoms with E-state index in [2.05, 4.69) is 15.9 Å². The van der Waals surface area contributed by atoms with Gasteiger partial charge in [0.1, 0.15) is 0 Å². The van der Waals surface area contributed by atoms with Gasteiger partial charge in [0.05, 0.1) is 24.7 Å². The minimum absolute atomic E-state index is 0.0669. The van der Waals surface area contributed by atoms with Crippen molar-refractivity contribution >= 4 is 32.6 Å². The molecule has 4 nitrogen and oxygen atoms in total. The summed E-state index contributed by atoms with van der Waals surface area (Å²) >= 11 is 3.57. The first-order valence-corrected chi connectivity index (χ1v) is 8.91. The van der Waals surface area contributed by atoms with Crippen LogP contribution < -0.4 is 0 Å². The number of carbonyl (C=O) groups excluding carboxylic acids is 1. The first-order valence-electron chi connectivity index (χ1n) is 8.12. The fourth-order valence-electron chi connectivity index (χ4n) is 3.33. The van der Waals surface area contributed by atoms with Gasteiger partial charge in [-0.25, -0.2) is 0 Å². The van der Waals surface area contributed by atoms with Crippen LogP contribution in [0.4, 0.5) is 0 Å². The van der Waals surface area contributed by atoms with E-state index in [0.717, 1.165) is 20.8 Å². The molecule has 0 aliphatic carbocycles. The minimum atomic E-state index is -0.441. The van der Waals surface area contributed by atoms with Crippen LogP contribution in [0.15, 0.2) is 40.9 Å². The molecular formula is C19H22BrNO3. The molecule has 1 aliphatic heterocycles. The Labute approximate surface area is 150 Å². The Bertz CT molecular complexity index is 759. The summed E-state index contributed by atoms with van der Waals surface area (Å²) in [6, 6.07) is 12.1. The molecule has 0 aromatic heterocycles. The topological polar surface area (TPSA) is 49.8 Å². The summed E-state index contributed by atoms with van der Waals surface area (Å²) in [5, 5.41) is 11.6. The third-order valence-electron chi connectivity index (χ3n) is 4.34. The molecule has 0 unspecified atom stereocenters. The summed E-state index contributed by atoms with van der Waals surface area (Å²) < 4.78 is 6.82. The van der Waals surface area contributed by atoms with Gasteiger partial charge in [-0.1, -0.05) is 46.3 Å². The lowest BCUT2D eigenvalue weighted by molar-refractivity contribution is -0.166. The molecule has 0 spiro atoms. The van der Waals surface area contributed by atoms with E-state index in [1.165, 1.54) is 0 Å². The number of fused-ring (bicyclic) bond motifs is 1. The largest absolute Gasteiger partial charge is 0.394 e. The first-order chi connectivity index (χ1) is 11.4. The van der Waals surface area contributed by atoms with Crippen molar-refractivity contribution in [2.45, 2.75) is 32.0 Å². The van der Waals surface area contributed by atoms with Crippen molar-refractivity contribution < 1.29 is 14.6 Å². The Morgan fingerprint density at radius 3 is 2.71 bits per heavy atom. The zero-order valence-electron chi connectivity index (χ0n) is 14.0. The van der Waals surface area contributed by atoms with Gasteiger partial charge >= 0.3 is 0 Å². The predicted molar refractivity (Wildman–Crippen MR) is 98.0 cm³/mol. The molecule has 1 heterocycles. The van der Waals surface area contributed by atoms with E-state index in [-0.39, 0.29) is 18.6 Å². The highest BCUT2D eigenvalue weighted by molar-refractivity contribution is 9.10. The summed E-state index contributed by atoms with van der Waals surface area (Å²) in [4.78, 5) is 14.6. The molecule has 0 saturated carbocycles. The van der Waals surface area contributed by atoms with Gasteiger partial charge in [0.15, 0.2) is 0 Å². The molecule has 1 fully saturated rings. The highest BCUT2D eigenvalue weighted by Crippen LogP contribution is 2.28. The molecule has 1 aliphatic rings. The number of hydrogen-bond acceptors (Lipinski definition) is 3. The molecule has 2 aromatic carbocycles. The van der Waals surface area contributed by atoms with E-state index in [1.807, 2.05) is 50.2 Å². The summed E-state index contributed by atoms with van der Waals surface area (Å²) in [7, 11) is 0. The second kappa shape index (κ2) is 6.82. The van der Waals surface area contributed by atoms with Crippen molar-refractivity contribution in [2.75, 3.05) is 19.7 Å². The highest BCUT2D eigenvalue weighted by atomic mass is 79.9. The lowest BCUT2D eigenvalue weighted by atomic mass is 10.00. The number of carbonyl (C=O) groups is 1. The fraction of sp³-hybridized carbons (Fsp3) is 0.421. The van der Waals surface area contributed by atoms with Gasteiger partial charge < -0.3 is 14.7 Å². The Kier molecular flexibility index (Phi) is 4.95. The van der Waals surface area contributed by atoms with Crippen LogP contribution in [0.25, 0.3) is 10.8 Å². The zero-order valence-corrected chi connectivity index (χ0v) is 15.5. The van der Waals surface area contributed by atoms with Gasteiger partial charge in [0.25, 0.3) is 0 Å². The summed E-state index contributed by atoms with van der Waals surface area (Å²) in [5.74, 6) is 0.0669. The van der Waals surface area contributed by atoms with Crippen LogP contribution in [0.2, 0.25) is 0 Å².